The Bertz CT molecular complexity index is 1150. The highest BCUT2D eigenvalue weighted by atomic mass is 35.5. The second-order valence-corrected chi connectivity index (χ2v) is 7.61. The molecule has 0 heterocycles. The van der Waals surface area contributed by atoms with Gasteiger partial charge in [-0.15, -0.1) is 24.8 Å². The summed E-state index contributed by atoms with van der Waals surface area (Å²) in [7, 11) is 0. The summed E-state index contributed by atoms with van der Waals surface area (Å²) < 4.78 is 0. The van der Waals surface area contributed by atoms with Gasteiger partial charge in [-0.1, -0.05) is 0 Å². The van der Waals surface area contributed by atoms with Crippen molar-refractivity contribution in [1.82, 2.24) is 0 Å². The number of amides is 4. The van der Waals surface area contributed by atoms with E-state index in [1.807, 2.05) is 13.8 Å². The number of carbonyl (C=O) groups is 2. The van der Waals surface area contributed by atoms with Crippen LogP contribution >= 0.6 is 24.8 Å². The van der Waals surface area contributed by atoms with Crippen LogP contribution in [0.5, 0.6) is 0 Å². The molecule has 0 aliphatic carbocycles. The molecule has 0 aliphatic rings. The first kappa shape index (κ1) is 31.7. The summed E-state index contributed by atoms with van der Waals surface area (Å²) in [5.74, 6) is 0.910. The normalized spacial score (nSPS) is 10.9. The predicted octanol–water partition coefficient (Wildman–Crippen LogP) is 5.27. The maximum absolute atomic E-state index is 12.3. The number of urea groups is 2. The predicted molar refractivity (Wildman–Crippen MR) is 162 cm³/mol. The Labute approximate surface area is 234 Å². The van der Waals surface area contributed by atoms with E-state index >= 15 is 0 Å². The van der Waals surface area contributed by atoms with E-state index in [0.717, 1.165) is 11.1 Å². The molecule has 0 fully saturated rings. The van der Waals surface area contributed by atoms with Crippen LogP contribution in [0.25, 0.3) is 0 Å². The van der Waals surface area contributed by atoms with E-state index in [4.69, 9.17) is 11.5 Å². The first-order valence-electron chi connectivity index (χ1n) is 11.4. The number of aliphatic imine (C=N–C) groups is 2. The number of hydrogen-bond acceptors (Lipinski definition) is 4. The second kappa shape index (κ2) is 15.7. The van der Waals surface area contributed by atoms with Crippen molar-refractivity contribution in [3.63, 3.8) is 0 Å². The summed E-state index contributed by atoms with van der Waals surface area (Å²) in [6, 6.07) is 20.1. The summed E-state index contributed by atoms with van der Waals surface area (Å²) in [5.41, 5.74) is 15.7. The highest BCUT2D eigenvalue weighted by Crippen LogP contribution is 2.16. The molecule has 0 radical (unpaired) electrons. The maximum Gasteiger partial charge on any atom is 0.323 e. The van der Waals surface area contributed by atoms with Crippen molar-refractivity contribution in [3.05, 3.63) is 83.9 Å². The van der Waals surface area contributed by atoms with Gasteiger partial charge in [0, 0.05) is 47.0 Å². The zero-order chi connectivity index (χ0) is 25.9. The Morgan fingerprint density at radius 1 is 0.553 bits per heavy atom. The van der Waals surface area contributed by atoms with Gasteiger partial charge in [0.15, 0.2) is 0 Å². The van der Waals surface area contributed by atoms with Crippen molar-refractivity contribution in [2.75, 3.05) is 34.4 Å². The van der Waals surface area contributed by atoms with Crippen molar-refractivity contribution >= 4 is 71.3 Å². The summed E-state index contributed by atoms with van der Waals surface area (Å²) in [4.78, 5) is 32.9. The lowest BCUT2D eigenvalue weighted by atomic mass is 10.2. The molecule has 0 spiro atoms. The van der Waals surface area contributed by atoms with Crippen molar-refractivity contribution in [2.45, 2.75) is 13.8 Å². The smallest absolute Gasteiger partial charge is 0.323 e. The van der Waals surface area contributed by atoms with Crippen LogP contribution in [0.2, 0.25) is 0 Å². The van der Waals surface area contributed by atoms with Crippen LogP contribution in [0, 0.1) is 0 Å². The molecule has 0 saturated heterocycles. The topological polar surface area (TPSA) is 159 Å². The van der Waals surface area contributed by atoms with E-state index in [-0.39, 0.29) is 24.8 Å². The molecule has 3 aromatic rings. The monoisotopic (exact) mass is 558 g/mol. The molecule has 202 valence electrons. The number of hydrogen-bond donors (Lipinski definition) is 6. The minimum atomic E-state index is -0.399. The number of carbonyl (C=O) groups excluding carboxylic acids is 2. The van der Waals surface area contributed by atoms with Crippen molar-refractivity contribution in [2.24, 2.45) is 21.5 Å². The van der Waals surface area contributed by atoms with Crippen LogP contribution in [0.15, 0.2) is 82.8 Å². The molecule has 8 N–H and O–H groups in total. The Hall–Kier alpha value is -4.28. The summed E-state index contributed by atoms with van der Waals surface area (Å²) in [5, 5.41) is 11.0. The summed E-state index contributed by atoms with van der Waals surface area (Å²) in [6.07, 6.45) is 0. The molecule has 4 amide bonds. The highest BCUT2D eigenvalue weighted by molar-refractivity contribution is 6.03. The average molecular weight is 560 g/mol. The minimum Gasteiger partial charge on any atom is -0.384 e. The number of benzene rings is 3. The van der Waals surface area contributed by atoms with Gasteiger partial charge in [-0.3, -0.25) is 9.98 Å². The minimum absolute atomic E-state index is 0. The van der Waals surface area contributed by atoms with Crippen LogP contribution in [0.3, 0.4) is 0 Å². The molecule has 0 unspecified atom stereocenters. The molecule has 0 aliphatic heterocycles. The number of rotatable bonds is 8. The van der Waals surface area contributed by atoms with Gasteiger partial charge >= 0.3 is 12.1 Å². The lowest BCUT2D eigenvalue weighted by Gasteiger charge is -2.11. The van der Waals surface area contributed by atoms with Gasteiger partial charge in [-0.25, -0.2) is 9.59 Å². The van der Waals surface area contributed by atoms with E-state index in [1.54, 1.807) is 72.8 Å². The first-order valence-corrected chi connectivity index (χ1v) is 11.4. The summed E-state index contributed by atoms with van der Waals surface area (Å²) >= 11 is 0. The molecule has 0 saturated carbocycles. The van der Waals surface area contributed by atoms with Crippen molar-refractivity contribution in [1.29, 1.82) is 0 Å². The van der Waals surface area contributed by atoms with Gasteiger partial charge < -0.3 is 32.7 Å². The molecule has 3 rings (SSSR count). The fourth-order valence-electron chi connectivity index (χ4n) is 3.20. The van der Waals surface area contributed by atoms with E-state index in [9.17, 15) is 9.59 Å². The Morgan fingerprint density at radius 2 is 0.789 bits per heavy atom. The highest BCUT2D eigenvalue weighted by Gasteiger charge is 2.07. The number of nitrogens with zero attached hydrogens (tertiary/aromatic N) is 2. The van der Waals surface area contributed by atoms with Gasteiger partial charge in [0.25, 0.3) is 0 Å². The Morgan fingerprint density at radius 3 is 1.03 bits per heavy atom. The molecule has 10 nitrogen and oxygen atoms in total. The van der Waals surface area contributed by atoms with E-state index < -0.39 is 12.1 Å². The summed E-state index contributed by atoms with van der Waals surface area (Å²) in [6.45, 7) is 5.02. The zero-order valence-electron chi connectivity index (χ0n) is 21.0. The van der Waals surface area contributed by atoms with Crippen molar-refractivity contribution < 1.29 is 9.59 Å². The molecular formula is C26H32Cl2N8O2. The zero-order valence-corrected chi connectivity index (χ0v) is 22.7. The third-order valence-electron chi connectivity index (χ3n) is 4.93. The standard InChI is InChI=1S/C26H30N8O2.2ClH/c1-3-29-23(27)17-5-9-19(10-6-17)31-25(35)33-21-13-15-22(16-14-21)34-26(36)32-20-11-7-18(8-12-20)24(28)30-4-2;;/h5-16H,3-4H2,1-2H3,(H2,27,29)(H2,28,30)(H2,31,33,35)(H2,32,34,36);2*1H. The lowest BCUT2D eigenvalue weighted by molar-refractivity contribution is 0.261. The SMILES string of the molecule is CCN=C(N)c1ccc(NC(=O)Nc2ccc(NC(=O)Nc3ccc(C(N)=NCC)cc3)cc2)cc1.Cl.Cl. The Kier molecular flexibility index (Phi) is 13.2. The Balaban J connectivity index is 0.00000361. The molecule has 3 aromatic carbocycles. The molecule has 38 heavy (non-hydrogen) atoms. The van der Waals surface area contributed by atoms with E-state index in [1.165, 1.54) is 0 Å². The van der Waals surface area contributed by atoms with Gasteiger partial charge in [0.05, 0.1) is 0 Å². The number of amidine groups is 2. The van der Waals surface area contributed by atoms with Crippen LogP contribution < -0.4 is 32.7 Å². The molecule has 0 atom stereocenters. The number of anilines is 4. The lowest BCUT2D eigenvalue weighted by Crippen LogP contribution is -2.20. The van der Waals surface area contributed by atoms with Crippen molar-refractivity contribution in [3.8, 4) is 0 Å². The number of halogens is 2. The van der Waals surface area contributed by atoms with E-state index in [0.29, 0.717) is 47.5 Å². The van der Waals surface area contributed by atoms with Gasteiger partial charge in [-0.05, 0) is 86.6 Å². The number of nitrogens with one attached hydrogen (secondary N) is 4. The van der Waals surface area contributed by atoms with Crippen LogP contribution in [0.4, 0.5) is 32.3 Å². The van der Waals surface area contributed by atoms with Gasteiger partial charge in [-0.2, -0.15) is 0 Å². The molecule has 12 heteroatoms. The fraction of sp³-hybridized carbons (Fsp3) is 0.154. The van der Waals surface area contributed by atoms with Crippen LogP contribution in [-0.4, -0.2) is 36.8 Å². The van der Waals surface area contributed by atoms with Gasteiger partial charge in [0.2, 0.25) is 0 Å². The second-order valence-electron chi connectivity index (χ2n) is 7.61. The fourth-order valence-corrected chi connectivity index (χ4v) is 3.20. The van der Waals surface area contributed by atoms with Gasteiger partial charge in [0.1, 0.15) is 11.7 Å². The third kappa shape index (κ3) is 9.64. The van der Waals surface area contributed by atoms with E-state index in [2.05, 4.69) is 31.3 Å². The maximum atomic E-state index is 12.3. The largest absolute Gasteiger partial charge is 0.384 e. The molecule has 0 bridgehead atoms. The first-order chi connectivity index (χ1) is 17.4. The number of nitrogens with two attached hydrogens (primary N) is 2. The van der Waals surface area contributed by atoms with Crippen LogP contribution in [-0.2, 0) is 0 Å². The van der Waals surface area contributed by atoms with Crippen LogP contribution in [0.1, 0.15) is 25.0 Å². The quantitative estimate of drug-likeness (QED) is 0.164. The molecule has 0 aromatic heterocycles. The average Bonchev–Trinajstić information content (AvgIpc) is 2.86. The molecular weight excluding hydrogens is 527 g/mol. The third-order valence-corrected chi connectivity index (χ3v) is 4.93.